The third-order valence-corrected chi connectivity index (χ3v) is 4.56. The third-order valence-electron chi connectivity index (χ3n) is 3.33. The first-order valence-electron chi connectivity index (χ1n) is 6.10. The average Bonchev–Trinajstić information content (AvgIpc) is 2.17. The van der Waals surface area contributed by atoms with Crippen LogP contribution < -0.4 is 5.32 Å². The van der Waals surface area contributed by atoms with E-state index in [0.29, 0.717) is 0 Å². The van der Waals surface area contributed by atoms with Gasteiger partial charge in [-0.1, -0.05) is 17.7 Å². The van der Waals surface area contributed by atoms with Gasteiger partial charge in [0.15, 0.2) is 0 Å². The van der Waals surface area contributed by atoms with Crippen LogP contribution in [-0.2, 0) is 14.8 Å². The van der Waals surface area contributed by atoms with E-state index in [2.05, 4.69) is 5.32 Å². The number of benzene rings is 1. The van der Waals surface area contributed by atoms with Gasteiger partial charge in [0.25, 0.3) is 0 Å². The molecule has 1 N–H and O–H groups in total. The summed E-state index contributed by atoms with van der Waals surface area (Å²) in [5, 5.41) is 2.85. The molecule has 0 aromatic heterocycles. The van der Waals surface area contributed by atoms with Crippen LogP contribution in [0.15, 0.2) is 18.2 Å². The molecule has 1 aromatic carbocycles. The molecule has 2 rings (SSSR count). The number of hydrogen-bond acceptors (Lipinski definition) is 3. The molecule has 19 heavy (non-hydrogen) atoms. The normalized spacial score (nSPS) is 17.0. The lowest BCUT2D eigenvalue weighted by molar-refractivity contribution is -0.122. The van der Waals surface area contributed by atoms with E-state index in [9.17, 15) is 13.2 Å². The van der Waals surface area contributed by atoms with Crippen molar-refractivity contribution in [2.45, 2.75) is 13.8 Å². The minimum atomic E-state index is -3.17. The summed E-state index contributed by atoms with van der Waals surface area (Å²) < 4.78 is 23.8. The fraction of sp³-hybridized carbons (Fsp3) is 0.462. The quantitative estimate of drug-likeness (QED) is 0.904. The molecule has 1 saturated heterocycles. The monoisotopic (exact) mass is 282 g/mol. The Bertz CT molecular complexity index is 604. The molecular formula is C13H18N2O3S. The van der Waals surface area contributed by atoms with E-state index in [1.54, 1.807) is 0 Å². The summed E-state index contributed by atoms with van der Waals surface area (Å²) in [5.41, 5.74) is 2.93. The molecule has 0 saturated carbocycles. The number of carbonyl (C=O) groups excluding carboxylic acids is 1. The van der Waals surface area contributed by atoms with Crippen molar-refractivity contribution in [1.82, 2.24) is 4.31 Å². The summed E-state index contributed by atoms with van der Waals surface area (Å²) in [4.78, 5) is 12.0. The van der Waals surface area contributed by atoms with E-state index >= 15 is 0 Å². The smallest absolute Gasteiger partial charge is 0.230 e. The lowest BCUT2D eigenvalue weighted by Gasteiger charge is -2.36. The number of nitrogens with zero attached hydrogens (tertiary/aromatic N) is 1. The summed E-state index contributed by atoms with van der Waals surface area (Å²) in [5.74, 6) is -0.373. The minimum Gasteiger partial charge on any atom is -0.326 e. The van der Waals surface area contributed by atoms with Crippen LogP contribution in [0.1, 0.15) is 11.1 Å². The highest BCUT2D eigenvalue weighted by atomic mass is 32.2. The van der Waals surface area contributed by atoms with Crippen molar-refractivity contribution in [3.8, 4) is 0 Å². The zero-order valence-electron chi connectivity index (χ0n) is 11.3. The highest BCUT2D eigenvalue weighted by molar-refractivity contribution is 7.88. The first-order valence-corrected chi connectivity index (χ1v) is 7.95. The van der Waals surface area contributed by atoms with Crippen LogP contribution in [-0.4, -0.2) is 38.0 Å². The van der Waals surface area contributed by atoms with Gasteiger partial charge in [0.2, 0.25) is 15.9 Å². The molecule has 0 spiro atoms. The van der Waals surface area contributed by atoms with E-state index in [0.717, 1.165) is 23.1 Å². The van der Waals surface area contributed by atoms with Gasteiger partial charge in [0.1, 0.15) is 0 Å². The maximum absolute atomic E-state index is 12.0. The van der Waals surface area contributed by atoms with Crippen LogP contribution in [0.3, 0.4) is 0 Å². The fourth-order valence-electron chi connectivity index (χ4n) is 2.06. The Morgan fingerprint density at radius 2 is 1.95 bits per heavy atom. The van der Waals surface area contributed by atoms with Crippen molar-refractivity contribution >= 4 is 21.6 Å². The zero-order chi connectivity index (χ0) is 14.2. The Hall–Kier alpha value is -1.40. The molecule has 1 aromatic rings. The predicted molar refractivity (Wildman–Crippen MR) is 74.5 cm³/mol. The summed E-state index contributed by atoms with van der Waals surface area (Å²) in [6.07, 6.45) is 1.16. The van der Waals surface area contributed by atoms with E-state index in [-0.39, 0.29) is 24.9 Å². The molecule has 0 bridgehead atoms. The van der Waals surface area contributed by atoms with Gasteiger partial charge in [0.05, 0.1) is 12.2 Å². The maximum atomic E-state index is 12.0. The van der Waals surface area contributed by atoms with Gasteiger partial charge in [-0.25, -0.2) is 12.7 Å². The number of sulfonamides is 1. The highest BCUT2D eigenvalue weighted by Gasteiger charge is 2.37. The molecule has 5 nitrogen and oxygen atoms in total. The molecule has 1 amide bonds. The Kier molecular flexibility index (Phi) is 3.64. The number of anilines is 1. The second-order valence-electron chi connectivity index (χ2n) is 5.08. The lowest BCUT2D eigenvalue weighted by Crippen LogP contribution is -2.53. The number of rotatable bonds is 3. The molecule has 1 fully saturated rings. The predicted octanol–water partition coefficient (Wildman–Crippen LogP) is 1.13. The molecule has 0 atom stereocenters. The van der Waals surface area contributed by atoms with Gasteiger partial charge in [0, 0.05) is 18.8 Å². The highest BCUT2D eigenvalue weighted by Crippen LogP contribution is 2.22. The van der Waals surface area contributed by atoms with Crippen LogP contribution >= 0.6 is 0 Å². The molecule has 6 heteroatoms. The SMILES string of the molecule is Cc1ccc(NC(=O)C2CN(S(C)(=O)=O)C2)c(C)c1. The molecule has 1 aliphatic rings. The summed E-state index contributed by atoms with van der Waals surface area (Å²) in [7, 11) is -3.17. The van der Waals surface area contributed by atoms with Gasteiger partial charge >= 0.3 is 0 Å². The third kappa shape index (κ3) is 3.13. The second kappa shape index (κ2) is 4.94. The number of amides is 1. The molecule has 0 aliphatic carbocycles. The van der Waals surface area contributed by atoms with Crippen LogP contribution in [0.2, 0.25) is 0 Å². The first-order chi connectivity index (χ1) is 8.77. The first kappa shape index (κ1) is 14.0. The van der Waals surface area contributed by atoms with Crippen molar-refractivity contribution in [2.24, 2.45) is 5.92 Å². The van der Waals surface area contributed by atoms with E-state index in [4.69, 9.17) is 0 Å². The van der Waals surface area contributed by atoms with Crippen molar-refractivity contribution in [2.75, 3.05) is 24.7 Å². The Morgan fingerprint density at radius 1 is 1.32 bits per heavy atom. The van der Waals surface area contributed by atoms with Crippen LogP contribution in [0, 0.1) is 19.8 Å². The van der Waals surface area contributed by atoms with Gasteiger partial charge in [-0.05, 0) is 25.5 Å². The molecule has 0 unspecified atom stereocenters. The van der Waals surface area contributed by atoms with E-state index in [1.165, 1.54) is 4.31 Å². The van der Waals surface area contributed by atoms with E-state index < -0.39 is 10.0 Å². The number of aryl methyl sites for hydroxylation is 2. The summed E-state index contributed by atoms with van der Waals surface area (Å²) in [6.45, 7) is 4.48. The largest absolute Gasteiger partial charge is 0.326 e. The molecular weight excluding hydrogens is 264 g/mol. The van der Waals surface area contributed by atoms with Gasteiger partial charge in [-0.3, -0.25) is 4.79 Å². The van der Waals surface area contributed by atoms with Crippen molar-refractivity contribution in [1.29, 1.82) is 0 Å². The fourth-order valence-corrected chi connectivity index (χ4v) is 2.96. The van der Waals surface area contributed by atoms with Crippen LogP contribution in [0.4, 0.5) is 5.69 Å². The van der Waals surface area contributed by atoms with Gasteiger partial charge in [-0.15, -0.1) is 0 Å². The van der Waals surface area contributed by atoms with E-state index in [1.807, 2.05) is 32.0 Å². The number of hydrogen-bond donors (Lipinski definition) is 1. The van der Waals surface area contributed by atoms with Crippen molar-refractivity contribution < 1.29 is 13.2 Å². The molecule has 1 aliphatic heterocycles. The summed E-state index contributed by atoms with van der Waals surface area (Å²) >= 11 is 0. The summed E-state index contributed by atoms with van der Waals surface area (Å²) in [6, 6.07) is 5.81. The number of carbonyl (C=O) groups is 1. The Balaban J connectivity index is 1.96. The molecule has 104 valence electrons. The average molecular weight is 282 g/mol. The molecule has 1 heterocycles. The second-order valence-corrected chi connectivity index (χ2v) is 7.07. The topological polar surface area (TPSA) is 66.5 Å². The van der Waals surface area contributed by atoms with Gasteiger partial charge < -0.3 is 5.32 Å². The Labute approximate surface area is 113 Å². The minimum absolute atomic E-state index is 0.119. The van der Waals surface area contributed by atoms with Crippen molar-refractivity contribution in [3.63, 3.8) is 0 Å². The van der Waals surface area contributed by atoms with Crippen LogP contribution in [0.5, 0.6) is 0 Å². The Morgan fingerprint density at radius 3 is 2.47 bits per heavy atom. The number of nitrogens with one attached hydrogen (secondary N) is 1. The lowest BCUT2D eigenvalue weighted by atomic mass is 10.0. The van der Waals surface area contributed by atoms with Crippen LogP contribution in [0.25, 0.3) is 0 Å². The molecule has 0 radical (unpaired) electrons. The standard InChI is InChI=1S/C13H18N2O3S/c1-9-4-5-12(10(2)6-9)14-13(16)11-7-15(8-11)19(3,17)18/h4-6,11H,7-8H2,1-3H3,(H,14,16). The van der Waals surface area contributed by atoms with Crippen molar-refractivity contribution in [3.05, 3.63) is 29.3 Å². The maximum Gasteiger partial charge on any atom is 0.230 e. The van der Waals surface area contributed by atoms with Gasteiger partial charge in [-0.2, -0.15) is 0 Å². The zero-order valence-corrected chi connectivity index (χ0v) is 12.1.